The van der Waals surface area contributed by atoms with Gasteiger partial charge in [0.1, 0.15) is 6.04 Å². The summed E-state index contributed by atoms with van der Waals surface area (Å²) in [5.74, 6) is -1.36. The third-order valence-corrected chi connectivity index (χ3v) is 4.74. The number of amides is 2. The molecule has 0 aromatic heterocycles. The first-order valence-electron chi connectivity index (χ1n) is 7.90. The van der Waals surface area contributed by atoms with E-state index < -0.39 is 12.0 Å². The van der Waals surface area contributed by atoms with Gasteiger partial charge in [0, 0.05) is 44.8 Å². The molecule has 2 aliphatic heterocycles. The standard InChI is InChI=1S/C17H20N2O5/c1-10(20)18-6-5-11-7-12(3-4-14(11)18)16(21)19-9-13(24-2)8-15(19)17(22)23/h3-4,7,13,15H,5-6,8-9H2,1-2H3,(H,22,23). The highest BCUT2D eigenvalue weighted by molar-refractivity contribution is 5.99. The molecule has 1 N–H and O–H groups in total. The number of anilines is 1. The van der Waals surface area contributed by atoms with Crippen molar-refractivity contribution in [3.05, 3.63) is 29.3 Å². The number of aliphatic carboxylic acids is 1. The summed E-state index contributed by atoms with van der Waals surface area (Å²) in [6.07, 6.45) is 0.720. The van der Waals surface area contributed by atoms with E-state index in [-0.39, 0.29) is 24.5 Å². The molecule has 1 aromatic rings. The summed E-state index contributed by atoms with van der Waals surface area (Å²) < 4.78 is 5.22. The fourth-order valence-corrected chi connectivity index (χ4v) is 3.45. The zero-order chi connectivity index (χ0) is 17.4. The largest absolute Gasteiger partial charge is 0.480 e. The van der Waals surface area contributed by atoms with E-state index in [4.69, 9.17) is 4.74 Å². The van der Waals surface area contributed by atoms with Crippen LogP contribution in [0.2, 0.25) is 0 Å². The first-order chi connectivity index (χ1) is 11.4. The number of carboxylic acids is 1. The molecule has 0 spiro atoms. The minimum Gasteiger partial charge on any atom is -0.480 e. The van der Waals surface area contributed by atoms with Crippen LogP contribution in [0.3, 0.4) is 0 Å². The van der Waals surface area contributed by atoms with Gasteiger partial charge in [-0.1, -0.05) is 0 Å². The normalized spacial score (nSPS) is 22.6. The summed E-state index contributed by atoms with van der Waals surface area (Å²) in [5, 5.41) is 9.35. The van der Waals surface area contributed by atoms with Gasteiger partial charge in [0.2, 0.25) is 5.91 Å². The second kappa shape index (κ2) is 6.24. The summed E-state index contributed by atoms with van der Waals surface area (Å²) in [6.45, 7) is 2.39. The molecule has 0 radical (unpaired) electrons. The van der Waals surface area contributed by atoms with Crippen LogP contribution in [0.4, 0.5) is 5.69 Å². The molecule has 1 fully saturated rings. The van der Waals surface area contributed by atoms with Crippen LogP contribution in [-0.4, -0.2) is 60.1 Å². The second-order valence-electron chi connectivity index (χ2n) is 6.17. The van der Waals surface area contributed by atoms with E-state index in [2.05, 4.69) is 0 Å². The number of hydrogen-bond acceptors (Lipinski definition) is 4. The number of carbonyl (C=O) groups excluding carboxylic acids is 2. The number of carboxylic acid groups (broad SMARTS) is 1. The number of fused-ring (bicyclic) bond motifs is 1. The Bertz CT molecular complexity index is 702. The quantitative estimate of drug-likeness (QED) is 0.889. The van der Waals surface area contributed by atoms with Crippen molar-refractivity contribution in [1.82, 2.24) is 4.90 Å². The number of methoxy groups -OCH3 is 1. The molecule has 0 bridgehead atoms. The monoisotopic (exact) mass is 332 g/mol. The van der Waals surface area contributed by atoms with Crippen molar-refractivity contribution < 1.29 is 24.2 Å². The van der Waals surface area contributed by atoms with E-state index in [0.29, 0.717) is 24.9 Å². The maximum absolute atomic E-state index is 12.8. The third-order valence-electron chi connectivity index (χ3n) is 4.74. The Morgan fingerprint density at radius 2 is 2.04 bits per heavy atom. The Morgan fingerprint density at radius 3 is 2.67 bits per heavy atom. The van der Waals surface area contributed by atoms with Crippen LogP contribution >= 0.6 is 0 Å². The van der Waals surface area contributed by atoms with Gasteiger partial charge in [0.25, 0.3) is 5.91 Å². The number of likely N-dealkylation sites (tertiary alicyclic amines) is 1. The van der Waals surface area contributed by atoms with E-state index in [0.717, 1.165) is 11.3 Å². The lowest BCUT2D eigenvalue weighted by atomic mass is 10.1. The molecule has 2 amide bonds. The number of ether oxygens (including phenoxy) is 1. The van der Waals surface area contributed by atoms with Gasteiger partial charge < -0.3 is 19.6 Å². The van der Waals surface area contributed by atoms with Crippen LogP contribution in [0.1, 0.15) is 29.3 Å². The van der Waals surface area contributed by atoms with Crippen LogP contribution in [0.5, 0.6) is 0 Å². The molecule has 2 aliphatic rings. The number of benzene rings is 1. The highest BCUT2D eigenvalue weighted by Crippen LogP contribution is 2.30. The smallest absolute Gasteiger partial charge is 0.326 e. The lowest BCUT2D eigenvalue weighted by molar-refractivity contribution is -0.141. The maximum atomic E-state index is 12.8. The molecule has 128 valence electrons. The lowest BCUT2D eigenvalue weighted by Gasteiger charge is -2.22. The molecule has 2 atom stereocenters. The van der Waals surface area contributed by atoms with E-state index in [1.54, 1.807) is 23.1 Å². The predicted octanol–water partition coefficient (Wildman–Crippen LogP) is 0.910. The van der Waals surface area contributed by atoms with Gasteiger partial charge in [0.15, 0.2) is 0 Å². The average molecular weight is 332 g/mol. The topological polar surface area (TPSA) is 87.2 Å². The van der Waals surface area contributed by atoms with Gasteiger partial charge in [-0.2, -0.15) is 0 Å². The van der Waals surface area contributed by atoms with Gasteiger partial charge in [0.05, 0.1) is 6.10 Å². The summed E-state index contributed by atoms with van der Waals surface area (Å²) in [6, 6.07) is 4.31. The highest BCUT2D eigenvalue weighted by Gasteiger charge is 2.40. The third kappa shape index (κ3) is 2.75. The van der Waals surface area contributed by atoms with Gasteiger partial charge in [-0.25, -0.2) is 4.79 Å². The minimum atomic E-state index is -1.02. The Balaban J connectivity index is 1.86. The summed E-state index contributed by atoms with van der Waals surface area (Å²) in [5.41, 5.74) is 2.21. The molecule has 24 heavy (non-hydrogen) atoms. The van der Waals surface area contributed by atoms with Crippen LogP contribution in [0.25, 0.3) is 0 Å². The van der Waals surface area contributed by atoms with Gasteiger partial charge in [-0.05, 0) is 30.2 Å². The van der Waals surface area contributed by atoms with Gasteiger partial charge >= 0.3 is 5.97 Å². The van der Waals surface area contributed by atoms with Crippen LogP contribution in [-0.2, 0) is 20.7 Å². The van der Waals surface area contributed by atoms with Crippen molar-refractivity contribution in [3.63, 3.8) is 0 Å². The number of nitrogens with zero attached hydrogens (tertiary/aromatic N) is 2. The van der Waals surface area contributed by atoms with Crippen LogP contribution < -0.4 is 4.90 Å². The Kier molecular flexibility index (Phi) is 4.28. The summed E-state index contributed by atoms with van der Waals surface area (Å²) in [7, 11) is 1.52. The van der Waals surface area contributed by atoms with E-state index >= 15 is 0 Å². The van der Waals surface area contributed by atoms with Crippen LogP contribution in [0, 0.1) is 0 Å². The molecule has 0 aliphatic carbocycles. The number of carbonyl (C=O) groups is 3. The maximum Gasteiger partial charge on any atom is 0.326 e. The van der Waals surface area contributed by atoms with Gasteiger partial charge in [-0.15, -0.1) is 0 Å². The van der Waals surface area contributed by atoms with Crippen molar-refractivity contribution >= 4 is 23.5 Å². The molecular formula is C17H20N2O5. The van der Waals surface area contributed by atoms with E-state index in [9.17, 15) is 19.5 Å². The molecule has 1 aromatic carbocycles. The molecule has 2 heterocycles. The predicted molar refractivity (Wildman–Crippen MR) is 86.0 cm³/mol. The average Bonchev–Trinajstić information content (AvgIpc) is 3.17. The van der Waals surface area contributed by atoms with Crippen molar-refractivity contribution in [1.29, 1.82) is 0 Å². The first-order valence-corrected chi connectivity index (χ1v) is 7.90. The molecule has 7 nitrogen and oxygen atoms in total. The SMILES string of the molecule is COC1CC(C(=O)O)N(C(=O)c2ccc3c(c2)CCN3C(C)=O)C1. The van der Waals surface area contributed by atoms with Crippen molar-refractivity contribution in [2.24, 2.45) is 0 Å². The lowest BCUT2D eigenvalue weighted by Crippen LogP contribution is -2.40. The molecule has 1 saturated heterocycles. The van der Waals surface area contributed by atoms with E-state index in [1.807, 2.05) is 0 Å². The Labute approximate surface area is 139 Å². The minimum absolute atomic E-state index is 0.0266. The molecule has 3 rings (SSSR count). The number of rotatable bonds is 3. The zero-order valence-electron chi connectivity index (χ0n) is 13.7. The van der Waals surface area contributed by atoms with E-state index in [1.165, 1.54) is 18.9 Å². The van der Waals surface area contributed by atoms with Crippen molar-refractivity contribution in [3.8, 4) is 0 Å². The van der Waals surface area contributed by atoms with Crippen molar-refractivity contribution in [2.45, 2.75) is 31.9 Å². The fourth-order valence-electron chi connectivity index (χ4n) is 3.45. The fraction of sp³-hybridized carbons (Fsp3) is 0.471. The molecule has 0 saturated carbocycles. The zero-order valence-corrected chi connectivity index (χ0v) is 13.7. The summed E-state index contributed by atoms with van der Waals surface area (Å²) in [4.78, 5) is 38.8. The summed E-state index contributed by atoms with van der Waals surface area (Å²) >= 11 is 0. The second-order valence-corrected chi connectivity index (χ2v) is 6.17. The molecule has 2 unspecified atom stereocenters. The molecule has 7 heteroatoms. The first kappa shape index (κ1) is 16.4. The van der Waals surface area contributed by atoms with Gasteiger partial charge in [-0.3, -0.25) is 9.59 Å². The Hall–Kier alpha value is -2.41. The number of hydrogen-bond donors (Lipinski definition) is 1. The van der Waals surface area contributed by atoms with Crippen LogP contribution in [0.15, 0.2) is 18.2 Å². The molecular weight excluding hydrogens is 312 g/mol. The highest BCUT2D eigenvalue weighted by atomic mass is 16.5. The van der Waals surface area contributed by atoms with Crippen molar-refractivity contribution in [2.75, 3.05) is 25.1 Å². The Morgan fingerprint density at radius 1 is 1.29 bits per heavy atom.